The monoisotopic (exact) mass is 198 g/mol. The lowest BCUT2D eigenvalue weighted by molar-refractivity contribution is -0.108. The average Bonchev–Trinajstić information content (AvgIpc) is 2.17. The highest BCUT2D eigenvalue weighted by Crippen LogP contribution is 2.13. The number of unbranched alkanes of at least 4 members (excludes halogenated alkanes) is 6. The van der Waals surface area contributed by atoms with Crippen molar-refractivity contribution in [3.8, 4) is 0 Å². The Morgan fingerprint density at radius 3 is 2.14 bits per heavy atom. The van der Waals surface area contributed by atoms with Crippen LogP contribution in [0.2, 0.25) is 0 Å². The molecule has 0 aliphatic rings. The Bertz CT molecular complexity index is 120. The van der Waals surface area contributed by atoms with E-state index in [1.807, 2.05) is 0 Å². The van der Waals surface area contributed by atoms with Crippen molar-refractivity contribution in [3.63, 3.8) is 0 Å². The first-order chi connectivity index (χ1) is 6.81. The highest BCUT2D eigenvalue weighted by molar-refractivity contribution is 5.49. The second-order valence-corrected chi connectivity index (χ2v) is 4.42. The molecule has 0 spiro atoms. The third kappa shape index (κ3) is 9.76. The van der Waals surface area contributed by atoms with Gasteiger partial charge in [-0.25, -0.2) is 0 Å². The molecule has 84 valence electrons. The summed E-state index contributed by atoms with van der Waals surface area (Å²) in [5.74, 6) is 0.600. The van der Waals surface area contributed by atoms with Gasteiger partial charge in [-0.15, -0.1) is 0 Å². The quantitative estimate of drug-likeness (QED) is 0.377. The van der Waals surface area contributed by atoms with Gasteiger partial charge in [-0.1, -0.05) is 65.2 Å². The Labute approximate surface area is 89.3 Å². The molecule has 0 aliphatic heterocycles. The second-order valence-electron chi connectivity index (χ2n) is 4.42. The Balaban J connectivity index is 3.01. The molecule has 1 nitrogen and oxygen atoms in total. The van der Waals surface area contributed by atoms with E-state index in [9.17, 15) is 4.79 Å². The van der Waals surface area contributed by atoms with Gasteiger partial charge in [-0.2, -0.15) is 0 Å². The van der Waals surface area contributed by atoms with Gasteiger partial charge in [0.05, 0.1) is 0 Å². The molecule has 0 aromatic rings. The molecule has 0 amide bonds. The van der Waals surface area contributed by atoms with Gasteiger partial charge in [0.2, 0.25) is 0 Å². The first-order valence-corrected chi connectivity index (χ1v) is 6.24. The van der Waals surface area contributed by atoms with Gasteiger partial charge in [0, 0.05) is 6.42 Å². The van der Waals surface area contributed by atoms with Gasteiger partial charge in [0.25, 0.3) is 0 Å². The van der Waals surface area contributed by atoms with E-state index in [0.29, 0.717) is 5.92 Å². The summed E-state index contributed by atoms with van der Waals surface area (Å²) < 4.78 is 0. The number of carbonyl (C=O) groups excluding carboxylic acids is 1. The van der Waals surface area contributed by atoms with E-state index in [1.54, 1.807) is 0 Å². The molecule has 0 saturated heterocycles. The lowest BCUT2D eigenvalue weighted by Gasteiger charge is -2.06. The zero-order valence-corrected chi connectivity index (χ0v) is 9.93. The summed E-state index contributed by atoms with van der Waals surface area (Å²) in [6.45, 7) is 4.42. The van der Waals surface area contributed by atoms with E-state index in [1.165, 1.54) is 51.4 Å². The van der Waals surface area contributed by atoms with Crippen LogP contribution in [0.25, 0.3) is 0 Å². The Hall–Kier alpha value is -0.330. The largest absolute Gasteiger partial charge is 0.303 e. The van der Waals surface area contributed by atoms with Crippen LogP contribution in [0, 0.1) is 5.92 Å². The maximum atomic E-state index is 10.2. The van der Waals surface area contributed by atoms with Gasteiger partial charge in [-0.3, -0.25) is 0 Å². The Kier molecular flexibility index (Phi) is 10.5. The molecule has 0 fully saturated rings. The highest BCUT2D eigenvalue weighted by atomic mass is 16.1. The third-order valence-corrected chi connectivity index (χ3v) is 2.80. The van der Waals surface area contributed by atoms with Crippen LogP contribution in [0.15, 0.2) is 0 Å². The number of carbonyl (C=O) groups is 1. The van der Waals surface area contributed by atoms with E-state index in [2.05, 4.69) is 13.8 Å². The number of hydrogen-bond donors (Lipinski definition) is 0. The fourth-order valence-corrected chi connectivity index (χ4v) is 1.73. The van der Waals surface area contributed by atoms with Gasteiger partial charge < -0.3 is 4.79 Å². The fraction of sp³-hybridized carbons (Fsp3) is 0.923. The predicted octanol–water partition coefficient (Wildman–Crippen LogP) is 4.35. The lowest BCUT2D eigenvalue weighted by Crippen LogP contribution is -1.95. The minimum Gasteiger partial charge on any atom is -0.303 e. The van der Waals surface area contributed by atoms with Crippen LogP contribution in [-0.2, 0) is 4.79 Å². The Morgan fingerprint density at radius 2 is 1.57 bits per heavy atom. The fourth-order valence-electron chi connectivity index (χ4n) is 1.73. The number of hydrogen-bond acceptors (Lipinski definition) is 1. The Morgan fingerprint density at radius 1 is 1.00 bits per heavy atom. The highest BCUT2D eigenvalue weighted by Gasteiger charge is 2.00. The topological polar surface area (TPSA) is 17.1 Å². The first kappa shape index (κ1) is 13.7. The summed E-state index contributed by atoms with van der Waals surface area (Å²) in [6, 6.07) is 0. The minimum atomic E-state index is 0.600. The molecule has 0 aromatic carbocycles. The summed E-state index contributed by atoms with van der Waals surface area (Å²) in [4.78, 5) is 10.2. The third-order valence-electron chi connectivity index (χ3n) is 2.80. The van der Waals surface area contributed by atoms with Crippen LogP contribution in [-0.4, -0.2) is 6.29 Å². The maximum absolute atomic E-state index is 10.2. The van der Waals surface area contributed by atoms with Crippen LogP contribution in [0.3, 0.4) is 0 Å². The van der Waals surface area contributed by atoms with E-state index >= 15 is 0 Å². The van der Waals surface area contributed by atoms with Crippen molar-refractivity contribution in [1.29, 1.82) is 0 Å². The zero-order valence-electron chi connectivity index (χ0n) is 9.93. The summed E-state index contributed by atoms with van der Waals surface area (Å²) in [6.07, 6.45) is 12.6. The number of aldehydes is 1. The predicted molar refractivity (Wildman–Crippen MR) is 62.5 cm³/mol. The normalized spacial score (nSPS) is 12.7. The van der Waals surface area contributed by atoms with Crippen LogP contribution in [0.4, 0.5) is 0 Å². The smallest absolute Gasteiger partial charge is 0.120 e. The molecule has 0 heterocycles. The van der Waals surface area contributed by atoms with Crippen molar-refractivity contribution < 1.29 is 4.79 Å². The summed E-state index contributed by atoms with van der Waals surface area (Å²) in [7, 11) is 0. The second kappa shape index (κ2) is 10.7. The minimum absolute atomic E-state index is 0.600. The molecule has 0 bridgehead atoms. The van der Waals surface area contributed by atoms with Crippen molar-refractivity contribution in [2.45, 2.75) is 71.6 Å². The standard InChI is InChI=1S/C13H26O/c1-3-4-5-6-7-8-9-10-13(2)11-12-14/h12-13H,3-11H2,1-2H3/t13-/m1/s1. The SMILES string of the molecule is CCCCCCCCC[C@@H](C)CC=O. The van der Waals surface area contributed by atoms with Gasteiger partial charge in [-0.05, 0) is 5.92 Å². The van der Waals surface area contributed by atoms with Crippen molar-refractivity contribution in [3.05, 3.63) is 0 Å². The molecule has 0 rings (SSSR count). The molecule has 14 heavy (non-hydrogen) atoms. The number of rotatable bonds is 10. The molecule has 0 radical (unpaired) electrons. The van der Waals surface area contributed by atoms with E-state index in [-0.39, 0.29) is 0 Å². The first-order valence-electron chi connectivity index (χ1n) is 6.24. The van der Waals surface area contributed by atoms with Crippen molar-refractivity contribution >= 4 is 6.29 Å². The summed E-state index contributed by atoms with van der Waals surface area (Å²) in [5, 5.41) is 0. The molecule has 0 unspecified atom stereocenters. The molecular formula is C13H26O. The lowest BCUT2D eigenvalue weighted by atomic mass is 9.99. The summed E-state index contributed by atoms with van der Waals surface area (Å²) in [5.41, 5.74) is 0. The molecule has 0 aromatic heterocycles. The molecular weight excluding hydrogens is 172 g/mol. The molecule has 0 saturated carbocycles. The van der Waals surface area contributed by atoms with Crippen LogP contribution < -0.4 is 0 Å². The zero-order chi connectivity index (χ0) is 10.6. The average molecular weight is 198 g/mol. The van der Waals surface area contributed by atoms with Gasteiger partial charge in [0.1, 0.15) is 6.29 Å². The van der Waals surface area contributed by atoms with E-state index in [4.69, 9.17) is 0 Å². The van der Waals surface area contributed by atoms with Crippen molar-refractivity contribution in [1.82, 2.24) is 0 Å². The van der Waals surface area contributed by atoms with E-state index in [0.717, 1.165) is 12.7 Å². The van der Waals surface area contributed by atoms with Crippen LogP contribution in [0.5, 0.6) is 0 Å². The van der Waals surface area contributed by atoms with Gasteiger partial charge >= 0.3 is 0 Å². The molecule has 0 N–H and O–H groups in total. The molecule has 1 heteroatoms. The van der Waals surface area contributed by atoms with Gasteiger partial charge in [0.15, 0.2) is 0 Å². The summed E-state index contributed by atoms with van der Waals surface area (Å²) >= 11 is 0. The molecule has 1 atom stereocenters. The van der Waals surface area contributed by atoms with Crippen LogP contribution >= 0.6 is 0 Å². The van der Waals surface area contributed by atoms with Crippen molar-refractivity contribution in [2.24, 2.45) is 5.92 Å². The van der Waals surface area contributed by atoms with Crippen molar-refractivity contribution in [2.75, 3.05) is 0 Å². The molecule has 0 aliphatic carbocycles. The van der Waals surface area contributed by atoms with E-state index < -0.39 is 0 Å². The van der Waals surface area contributed by atoms with Crippen LogP contribution in [0.1, 0.15) is 71.6 Å². The maximum Gasteiger partial charge on any atom is 0.120 e.